The number of ether oxygens (including phenoxy) is 1. The number of esters is 1. The lowest BCUT2D eigenvalue weighted by atomic mass is 9.92. The van der Waals surface area contributed by atoms with Crippen molar-refractivity contribution in [2.24, 2.45) is 0 Å². The first-order valence-electron chi connectivity index (χ1n) is 9.50. The maximum atomic E-state index is 12.6. The maximum absolute atomic E-state index is 12.6. The molecular formula is C20H29NO6S. The number of hydrogen-bond donors (Lipinski definition) is 2. The van der Waals surface area contributed by atoms with Gasteiger partial charge in [0.2, 0.25) is 0 Å². The number of phenolic OH excluding ortho intramolecular Hbond substituents is 1. The number of amides is 1. The molecule has 1 aromatic carbocycles. The molecule has 28 heavy (non-hydrogen) atoms. The molecule has 156 valence electrons. The van der Waals surface area contributed by atoms with E-state index in [9.17, 15) is 23.1 Å². The van der Waals surface area contributed by atoms with Crippen molar-refractivity contribution < 1.29 is 27.9 Å². The summed E-state index contributed by atoms with van der Waals surface area (Å²) >= 11 is 0. The van der Waals surface area contributed by atoms with Gasteiger partial charge in [-0.2, -0.15) is 0 Å². The second-order valence-corrected chi connectivity index (χ2v) is 10.2. The van der Waals surface area contributed by atoms with Gasteiger partial charge in [0.05, 0.1) is 11.5 Å². The van der Waals surface area contributed by atoms with E-state index in [-0.39, 0.29) is 34.7 Å². The lowest BCUT2D eigenvalue weighted by Gasteiger charge is -2.19. The van der Waals surface area contributed by atoms with Crippen LogP contribution in [0.15, 0.2) is 12.1 Å². The van der Waals surface area contributed by atoms with Gasteiger partial charge in [0.15, 0.2) is 15.9 Å². The van der Waals surface area contributed by atoms with Crippen LogP contribution >= 0.6 is 0 Å². The number of benzene rings is 1. The van der Waals surface area contributed by atoms with Crippen LogP contribution in [0, 0.1) is 0 Å². The summed E-state index contributed by atoms with van der Waals surface area (Å²) in [7, 11) is -3.12. The van der Waals surface area contributed by atoms with Gasteiger partial charge >= 0.3 is 5.97 Å². The van der Waals surface area contributed by atoms with Crippen molar-refractivity contribution in [3.05, 3.63) is 28.8 Å². The predicted octanol–water partition coefficient (Wildman–Crippen LogP) is 2.49. The first-order chi connectivity index (χ1) is 12.9. The first-order valence-corrected chi connectivity index (χ1v) is 11.3. The number of sulfone groups is 1. The van der Waals surface area contributed by atoms with Crippen LogP contribution in [0.2, 0.25) is 0 Å². The Balaban J connectivity index is 2.14. The molecule has 1 aliphatic heterocycles. The lowest BCUT2D eigenvalue weighted by Crippen LogP contribution is -2.42. The van der Waals surface area contributed by atoms with Crippen LogP contribution in [0.3, 0.4) is 0 Å². The number of carbonyl (C=O) groups is 2. The Labute approximate surface area is 166 Å². The van der Waals surface area contributed by atoms with Crippen molar-refractivity contribution in [2.75, 3.05) is 11.5 Å². The van der Waals surface area contributed by atoms with Crippen LogP contribution in [-0.4, -0.2) is 49.1 Å². The summed E-state index contributed by atoms with van der Waals surface area (Å²) in [5.74, 6) is -1.39. The molecule has 1 aromatic rings. The van der Waals surface area contributed by atoms with E-state index in [0.29, 0.717) is 12.0 Å². The molecule has 0 radical (unpaired) electrons. The smallest absolute Gasteiger partial charge is 0.342 e. The van der Waals surface area contributed by atoms with Gasteiger partial charge in [-0.25, -0.2) is 13.2 Å². The second-order valence-electron chi connectivity index (χ2n) is 7.97. The van der Waals surface area contributed by atoms with E-state index in [0.717, 1.165) is 5.56 Å². The highest BCUT2D eigenvalue weighted by molar-refractivity contribution is 7.91. The summed E-state index contributed by atoms with van der Waals surface area (Å²) in [4.78, 5) is 24.9. The zero-order valence-electron chi connectivity index (χ0n) is 17.0. The summed E-state index contributed by atoms with van der Waals surface area (Å²) in [5.41, 5.74) is 1.56. The maximum Gasteiger partial charge on any atom is 0.342 e. The highest BCUT2D eigenvalue weighted by Crippen LogP contribution is 2.33. The summed E-state index contributed by atoms with van der Waals surface area (Å²) in [5, 5.41) is 13.1. The van der Waals surface area contributed by atoms with E-state index < -0.39 is 33.9 Å². The molecule has 7 nitrogen and oxygen atoms in total. The van der Waals surface area contributed by atoms with Gasteiger partial charge in [-0.15, -0.1) is 0 Å². The molecule has 1 aliphatic rings. The van der Waals surface area contributed by atoms with Crippen LogP contribution in [-0.2, 0) is 19.4 Å². The molecule has 1 amide bonds. The molecule has 2 atom stereocenters. The molecule has 0 unspecified atom stereocenters. The van der Waals surface area contributed by atoms with Gasteiger partial charge in [-0.1, -0.05) is 33.8 Å². The first kappa shape index (κ1) is 22.2. The fraction of sp³-hybridized carbons (Fsp3) is 0.600. The van der Waals surface area contributed by atoms with E-state index in [4.69, 9.17) is 4.74 Å². The van der Waals surface area contributed by atoms with Crippen LogP contribution in [0.4, 0.5) is 0 Å². The third kappa shape index (κ3) is 5.25. The van der Waals surface area contributed by atoms with Crippen LogP contribution < -0.4 is 5.32 Å². The average molecular weight is 412 g/mol. The minimum absolute atomic E-state index is 0.00953. The molecule has 1 saturated heterocycles. The molecule has 1 heterocycles. The molecule has 2 N–H and O–H groups in total. The number of rotatable bonds is 6. The Morgan fingerprint density at radius 2 is 1.79 bits per heavy atom. The van der Waals surface area contributed by atoms with Gasteiger partial charge in [0, 0.05) is 6.04 Å². The SMILES string of the molecule is CC(C)c1cc(C(=O)O[C@H](C)C(=O)N[C@@H]2CCS(=O)(=O)C2)c(O)c(C(C)C)c1. The van der Waals surface area contributed by atoms with Gasteiger partial charge in [0.25, 0.3) is 5.91 Å². The quantitative estimate of drug-likeness (QED) is 0.696. The van der Waals surface area contributed by atoms with Gasteiger partial charge in [0.1, 0.15) is 11.3 Å². The van der Waals surface area contributed by atoms with Gasteiger partial charge < -0.3 is 15.2 Å². The summed E-state index contributed by atoms with van der Waals surface area (Å²) < 4.78 is 28.3. The number of phenols is 1. The van der Waals surface area contributed by atoms with Crippen molar-refractivity contribution in [3.63, 3.8) is 0 Å². The highest BCUT2D eigenvalue weighted by Gasteiger charge is 2.31. The predicted molar refractivity (Wildman–Crippen MR) is 106 cm³/mol. The van der Waals surface area contributed by atoms with Crippen LogP contribution in [0.1, 0.15) is 74.4 Å². The molecule has 0 aromatic heterocycles. The molecule has 1 fully saturated rings. The van der Waals surface area contributed by atoms with Crippen molar-refractivity contribution in [1.82, 2.24) is 5.32 Å². The number of aromatic hydroxyl groups is 1. The molecule has 8 heteroatoms. The second kappa shape index (κ2) is 8.51. The molecule has 0 spiro atoms. The fourth-order valence-electron chi connectivity index (χ4n) is 3.11. The van der Waals surface area contributed by atoms with E-state index in [2.05, 4.69) is 5.32 Å². The van der Waals surface area contributed by atoms with Gasteiger partial charge in [-0.05, 0) is 42.4 Å². The van der Waals surface area contributed by atoms with E-state index in [1.54, 1.807) is 6.07 Å². The van der Waals surface area contributed by atoms with E-state index in [1.807, 2.05) is 33.8 Å². The van der Waals surface area contributed by atoms with Crippen molar-refractivity contribution in [2.45, 2.75) is 65.0 Å². The third-order valence-electron chi connectivity index (χ3n) is 4.90. The third-order valence-corrected chi connectivity index (χ3v) is 6.67. The minimum atomic E-state index is -3.12. The Bertz CT molecular complexity index is 860. The Kier molecular flexibility index (Phi) is 6.75. The molecule has 0 bridgehead atoms. The summed E-state index contributed by atoms with van der Waals surface area (Å²) in [6.45, 7) is 9.22. The number of hydrogen-bond acceptors (Lipinski definition) is 6. The molecule has 0 aliphatic carbocycles. The van der Waals surface area contributed by atoms with Crippen molar-refractivity contribution >= 4 is 21.7 Å². The highest BCUT2D eigenvalue weighted by atomic mass is 32.2. The summed E-state index contributed by atoms with van der Waals surface area (Å²) in [6, 6.07) is 2.99. The number of nitrogens with one attached hydrogen (secondary N) is 1. The number of carbonyl (C=O) groups excluding carboxylic acids is 2. The molecular weight excluding hydrogens is 382 g/mol. The zero-order valence-corrected chi connectivity index (χ0v) is 17.8. The normalized spacial score (nSPS) is 19.6. The van der Waals surface area contributed by atoms with E-state index in [1.165, 1.54) is 6.92 Å². The topological polar surface area (TPSA) is 110 Å². The Morgan fingerprint density at radius 1 is 1.14 bits per heavy atom. The minimum Gasteiger partial charge on any atom is -0.507 e. The Hall–Kier alpha value is -2.09. The van der Waals surface area contributed by atoms with Gasteiger partial charge in [-0.3, -0.25) is 4.79 Å². The lowest BCUT2D eigenvalue weighted by molar-refractivity contribution is -0.129. The fourth-order valence-corrected chi connectivity index (χ4v) is 4.79. The Morgan fingerprint density at radius 3 is 2.29 bits per heavy atom. The van der Waals surface area contributed by atoms with Crippen molar-refractivity contribution in [1.29, 1.82) is 0 Å². The monoisotopic (exact) mass is 411 g/mol. The van der Waals surface area contributed by atoms with Crippen LogP contribution in [0.25, 0.3) is 0 Å². The largest absolute Gasteiger partial charge is 0.507 e. The van der Waals surface area contributed by atoms with E-state index >= 15 is 0 Å². The molecule has 2 rings (SSSR count). The average Bonchev–Trinajstić information content (AvgIpc) is 2.92. The van der Waals surface area contributed by atoms with Crippen molar-refractivity contribution in [3.8, 4) is 5.75 Å². The zero-order chi connectivity index (χ0) is 21.2. The molecule has 0 saturated carbocycles. The standard InChI is InChI=1S/C20H29NO6S/c1-11(2)14-8-16(12(3)4)18(22)17(9-14)20(24)27-13(5)19(23)21-15-6-7-28(25,26)10-15/h8-9,11-13,15,22H,6-7,10H2,1-5H3,(H,21,23)/t13-,15-/m1/s1. The van der Waals surface area contributed by atoms with Crippen LogP contribution in [0.5, 0.6) is 5.75 Å². The summed E-state index contributed by atoms with van der Waals surface area (Å²) in [6.07, 6.45) is -0.760.